The second-order valence-electron chi connectivity index (χ2n) is 7.78. The van der Waals surface area contributed by atoms with Crippen molar-refractivity contribution in [3.63, 3.8) is 0 Å². The normalized spacial score (nSPS) is 17.7. The van der Waals surface area contributed by atoms with Crippen molar-refractivity contribution in [1.29, 1.82) is 0 Å². The van der Waals surface area contributed by atoms with E-state index in [1.807, 2.05) is 75.3 Å². The summed E-state index contributed by atoms with van der Waals surface area (Å²) in [7, 11) is 3.98. The van der Waals surface area contributed by atoms with Crippen LogP contribution in [0.4, 0.5) is 0 Å². The molecule has 0 spiro atoms. The Kier molecular flexibility index (Phi) is 5.71. The van der Waals surface area contributed by atoms with Crippen LogP contribution in [0.3, 0.4) is 0 Å². The SMILES string of the molecule is CN(C)CCOc1ccccc1C(=O)NC1CC(C)(C)Oc2ccccc21. The van der Waals surface area contributed by atoms with Crippen molar-refractivity contribution in [2.75, 3.05) is 27.2 Å². The van der Waals surface area contributed by atoms with Crippen LogP contribution in [0.5, 0.6) is 11.5 Å². The molecule has 5 nitrogen and oxygen atoms in total. The molecule has 0 saturated heterocycles. The quantitative estimate of drug-likeness (QED) is 0.845. The third-order valence-corrected chi connectivity index (χ3v) is 4.61. The maximum absolute atomic E-state index is 13.0. The second kappa shape index (κ2) is 8.01. The molecule has 1 unspecified atom stereocenters. The molecule has 0 fully saturated rings. The van der Waals surface area contributed by atoms with E-state index in [2.05, 4.69) is 5.32 Å². The number of nitrogens with one attached hydrogen (secondary N) is 1. The zero-order valence-corrected chi connectivity index (χ0v) is 16.5. The number of carbonyl (C=O) groups excluding carboxylic acids is 1. The standard InChI is InChI=1S/C22H28N2O3/c1-22(2)15-18(16-9-5-8-12-20(16)27-22)23-21(25)17-10-6-7-11-19(17)26-14-13-24(3)4/h5-12,18H,13-15H2,1-4H3,(H,23,25). The minimum atomic E-state index is -0.339. The third kappa shape index (κ3) is 4.80. The second-order valence-corrected chi connectivity index (χ2v) is 7.78. The predicted octanol–water partition coefficient (Wildman–Crippen LogP) is 3.66. The van der Waals surface area contributed by atoms with Crippen molar-refractivity contribution in [3.05, 3.63) is 59.7 Å². The fourth-order valence-corrected chi connectivity index (χ4v) is 3.29. The molecule has 0 aromatic heterocycles. The highest BCUT2D eigenvalue weighted by Crippen LogP contribution is 2.39. The van der Waals surface area contributed by atoms with Gasteiger partial charge in [0.2, 0.25) is 0 Å². The number of carbonyl (C=O) groups is 1. The molecule has 5 heteroatoms. The number of benzene rings is 2. The van der Waals surface area contributed by atoms with Crippen LogP contribution in [0.2, 0.25) is 0 Å². The number of hydrogen-bond acceptors (Lipinski definition) is 4. The van der Waals surface area contributed by atoms with E-state index >= 15 is 0 Å². The Labute approximate surface area is 161 Å². The number of likely N-dealkylation sites (N-methyl/N-ethyl adjacent to an activating group) is 1. The third-order valence-electron chi connectivity index (χ3n) is 4.61. The number of rotatable bonds is 6. The fourth-order valence-electron chi connectivity index (χ4n) is 3.29. The van der Waals surface area contributed by atoms with Crippen LogP contribution in [0, 0.1) is 0 Å². The Bertz CT molecular complexity index is 802. The molecule has 1 heterocycles. The molecule has 144 valence electrons. The van der Waals surface area contributed by atoms with Crippen LogP contribution in [-0.2, 0) is 0 Å². The van der Waals surface area contributed by atoms with Gasteiger partial charge in [-0.15, -0.1) is 0 Å². The lowest BCUT2D eigenvalue weighted by Gasteiger charge is -2.37. The van der Waals surface area contributed by atoms with E-state index in [1.165, 1.54) is 0 Å². The Morgan fingerprint density at radius 2 is 1.89 bits per heavy atom. The van der Waals surface area contributed by atoms with Crippen molar-refractivity contribution < 1.29 is 14.3 Å². The van der Waals surface area contributed by atoms with Gasteiger partial charge in [-0.2, -0.15) is 0 Å². The largest absolute Gasteiger partial charge is 0.491 e. The van der Waals surface area contributed by atoms with Gasteiger partial charge in [0.05, 0.1) is 11.6 Å². The first kappa shape index (κ1) is 19.2. The van der Waals surface area contributed by atoms with Crippen molar-refractivity contribution in [1.82, 2.24) is 10.2 Å². The van der Waals surface area contributed by atoms with Gasteiger partial charge < -0.3 is 19.7 Å². The molecule has 1 atom stereocenters. The average molecular weight is 368 g/mol. The summed E-state index contributed by atoms with van der Waals surface area (Å²) in [5.41, 5.74) is 1.22. The van der Waals surface area contributed by atoms with Crippen molar-refractivity contribution in [2.45, 2.75) is 31.9 Å². The summed E-state index contributed by atoms with van der Waals surface area (Å²) in [6, 6.07) is 15.2. The van der Waals surface area contributed by atoms with E-state index in [0.717, 1.165) is 17.9 Å². The lowest BCUT2D eigenvalue weighted by molar-refractivity contribution is 0.0619. The summed E-state index contributed by atoms with van der Waals surface area (Å²) in [5.74, 6) is 1.30. The van der Waals surface area contributed by atoms with E-state index in [9.17, 15) is 4.79 Å². The van der Waals surface area contributed by atoms with Gasteiger partial charge in [-0.1, -0.05) is 30.3 Å². The maximum Gasteiger partial charge on any atom is 0.255 e. The van der Waals surface area contributed by atoms with Gasteiger partial charge in [0.15, 0.2) is 0 Å². The van der Waals surface area contributed by atoms with E-state index in [-0.39, 0.29) is 17.6 Å². The van der Waals surface area contributed by atoms with Gasteiger partial charge >= 0.3 is 0 Å². The summed E-state index contributed by atoms with van der Waals surface area (Å²) in [5, 5.41) is 3.18. The monoisotopic (exact) mass is 368 g/mol. The smallest absolute Gasteiger partial charge is 0.255 e. The van der Waals surface area contributed by atoms with Crippen LogP contribution in [-0.4, -0.2) is 43.7 Å². The first-order chi connectivity index (χ1) is 12.9. The van der Waals surface area contributed by atoms with E-state index in [1.54, 1.807) is 6.07 Å². The van der Waals surface area contributed by atoms with Crippen LogP contribution in [0.15, 0.2) is 48.5 Å². The van der Waals surface area contributed by atoms with E-state index < -0.39 is 0 Å². The first-order valence-corrected chi connectivity index (χ1v) is 9.31. The van der Waals surface area contributed by atoms with Crippen LogP contribution in [0.1, 0.15) is 42.2 Å². The van der Waals surface area contributed by atoms with Crippen LogP contribution in [0.25, 0.3) is 0 Å². The molecule has 27 heavy (non-hydrogen) atoms. The molecule has 0 bridgehead atoms. The number of nitrogens with zero attached hydrogens (tertiary/aromatic N) is 1. The van der Waals surface area contributed by atoms with Crippen LogP contribution >= 0.6 is 0 Å². The van der Waals surface area contributed by atoms with Crippen molar-refractivity contribution in [3.8, 4) is 11.5 Å². The lowest BCUT2D eigenvalue weighted by Crippen LogP contribution is -2.41. The summed E-state index contributed by atoms with van der Waals surface area (Å²) >= 11 is 0. The molecule has 2 aromatic rings. The van der Waals surface area contributed by atoms with Gasteiger partial charge in [-0.05, 0) is 46.1 Å². The van der Waals surface area contributed by atoms with Crippen molar-refractivity contribution >= 4 is 5.91 Å². The number of ether oxygens (including phenoxy) is 2. The number of amides is 1. The minimum Gasteiger partial charge on any atom is -0.491 e. The topological polar surface area (TPSA) is 50.8 Å². The van der Waals surface area contributed by atoms with Crippen LogP contribution < -0.4 is 14.8 Å². The highest BCUT2D eigenvalue weighted by atomic mass is 16.5. The Hall–Kier alpha value is -2.53. The predicted molar refractivity (Wildman–Crippen MR) is 106 cm³/mol. The zero-order valence-electron chi connectivity index (χ0n) is 16.5. The van der Waals surface area contributed by atoms with Gasteiger partial charge in [0.25, 0.3) is 5.91 Å². The van der Waals surface area contributed by atoms with Gasteiger partial charge in [0, 0.05) is 18.5 Å². The Morgan fingerprint density at radius 1 is 1.19 bits per heavy atom. The van der Waals surface area contributed by atoms with Gasteiger partial charge in [-0.3, -0.25) is 4.79 Å². The highest BCUT2D eigenvalue weighted by molar-refractivity contribution is 5.97. The fraction of sp³-hybridized carbons (Fsp3) is 0.409. The molecular formula is C22H28N2O3. The Balaban J connectivity index is 1.78. The number of fused-ring (bicyclic) bond motifs is 1. The molecule has 1 amide bonds. The lowest BCUT2D eigenvalue weighted by atomic mass is 9.89. The number of hydrogen-bond donors (Lipinski definition) is 1. The zero-order chi connectivity index (χ0) is 19.4. The molecule has 1 N–H and O–H groups in total. The minimum absolute atomic E-state index is 0.104. The van der Waals surface area contributed by atoms with Gasteiger partial charge in [-0.25, -0.2) is 0 Å². The summed E-state index contributed by atoms with van der Waals surface area (Å²) in [6.45, 7) is 5.41. The first-order valence-electron chi connectivity index (χ1n) is 9.31. The maximum atomic E-state index is 13.0. The molecule has 0 radical (unpaired) electrons. The molecule has 3 rings (SSSR count). The summed E-state index contributed by atoms with van der Waals surface area (Å²) < 4.78 is 11.9. The van der Waals surface area contributed by atoms with E-state index in [0.29, 0.717) is 24.3 Å². The molecule has 1 aliphatic heterocycles. The molecular weight excluding hydrogens is 340 g/mol. The average Bonchev–Trinajstić information content (AvgIpc) is 2.61. The molecule has 0 saturated carbocycles. The highest BCUT2D eigenvalue weighted by Gasteiger charge is 2.34. The molecule has 2 aromatic carbocycles. The summed E-state index contributed by atoms with van der Waals surface area (Å²) in [4.78, 5) is 15.1. The van der Waals surface area contributed by atoms with Crippen molar-refractivity contribution in [2.24, 2.45) is 0 Å². The van der Waals surface area contributed by atoms with Gasteiger partial charge in [0.1, 0.15) is 23.7 Å². The molecule has 1 aliphatic rings. The summed E-state index contributed by atoms with van der Waals surface area (Å²) in [6.07, 6.45) is 0.708. The van der Waals surface area contributed by atoms with E-state index in [4.69, 9.17) is 9.47 Å². The Morgan fingerprint density at radius 3 is 2.67 bits per heavy atom. The molecule has 0 aliphatic carbocycles. The number of para-hydroxylation sites is 2.